The molecule has 0 fully saturated rings. The molecule has 2 aromatic carbocycles. The molecule has 0 saturated carbocycles. The first kappa shape index (κ1) is 9.71. The Hall–Kier alpha value is -1.84. The van der Waals surface area contributed by atoms with Crippen LogP contribution in [0.15, 0.2) is 36.4 Å². The van der Waals surface area contributed by atoms with Gasteiger partial charge in [-0.3, -0.25) is 0 Å². The molecule has 2 aromatic rings. The largest absolute Gasteiger partial charge is 0.507 e. The fraction of sp³-hybridized carbons (Fsp3) is 0.0909. The van der Waals surface area contributed by atoms with Crippen molar-refractivity contribution in [2.24, 2.45) is 0 Å². The molecule has 0 bridgehead atoms. The van der Waals surface area contributed by atoms with E-state index in [1.807, 2.05) is 0 Å². The zero-order valence-corrected chi connectivity index (χ0v) is 7.65. The number of ether oxygens (including phenoxy) is 1. The third-order valence-corrected chi connectivity index (χ3v) is 2.06. The lowest BCUT2D eigenvalue weighted by Crippen LogP contribution is -2.02. The highest BCUT2D eigenvalue weighted by atomic mass is 19.3. The minimum atomic E-state index is -2.89. The van der Waals surface area contributed by atoms with Gasteiger partial charge in [-0.1, -0.05) is 24.3 Å². The van der Waals surface area contributed by atoms with Crippen molar-refractivity contribution in [2.45, 2.75) is 6.61 Å². The minimum absolute atomic E-state index is 0.0133. The standard InChI is InChI=1S/C11H8F2O2/c12-11(13)15-9-6-2-4-7-3-1-5-8(14)10(7)9/h1-6,11,14H. The van der Waals surface area contributed by atoms with Gasteiger partial charge in [0, 0.05) is 0 Å². The lowest BCUT2D eigenvalue weighted by Gasteiger charge is -2.08. The van der Waals surface area contributed by atoms with Crippen molar-refractivity contribution in [3.8, 4) is 11.5 Å². The van der Waals surface area contributed by atoms with Crippen LogP contribution in [-0.2, 0) is 0 Å². The predicted molar refractivity (Wildman–Crippen MR) is 52.2 cm³/mol. The number of rotatable bonds is 2. The molecule has 0 amide bonds. The van der Waals surface area contributed by atoms with Gasteiger partial charge in [0.2, 0.25) is 0 Å². The van der Waals surface area contributed by atoms with Crippen molar-refractivity contribution in [1.82, 2.24) is 0 Å². The normalized spacial score (nSPS) is 10.9. The van der Waals surface area contributed by atoms with E-state index in [2.05, 4.69) is 4.74 Å². The third kappa shape index (κ3) is 1.83. The minimum Gasteiger partial charge on any atom is -0.507 e. The lowest BCUT2D eigenvalue weighted by atomic mass is 10.1. The van der Waals surface area contributed by atoms with Gasteiger partial charge in [-0.15, -0.1) is 0 Å². The number of benzene rings is 2. The Labute approximate surface area is 84.7 Å². The number of alkyl halides is 2. The monoisotopic (exact) mass is 210 g/mol. The topological polar surface area (TPSA) is 29.5 Å². The highest BCUT2D eigenvalue weighted by molar-refractivity contribution is 5.93. The summed E-state index contributed by atoms with van der Waals surface area (Å²) in [5, 5.41) is 10.5. The second-order valence-corrected chi connectivity index (χ2v) is 3.01. The summed E-state index contributed by atoms with van der Waals surface area (Å²) in [4.78, 5) is 0. The van der Waals surface area contributed by atoms with E-state index in [1.165, 1.54) is 12.1 Å². The fourth-order valence-electron chi connectivity index (χ4n) is 1.48. The molecule has 2 rings (SSSR count). The van der Waals surface area contributed by atoms with Crippen molar-refractivity contribution in [1.29, 1.82) is 0 Å². The van der Waals surface area contributed by atoms with Crippen LogP contribution in [0, 0.1) is 0 Å². The van der Waals surface area contributed by atoms with Gasteiger partial charge in [0.1, 0.15) is 11.5 Å². The Bertz CT molecular complexity index is 478. The molecule has 0 atom stereocenters. The molecule has 2 nitrogen and oxygen atoms in total. The summed E-state index contributed by atoms with van der Waals surface area (Å²) in [6.07, 6.45) is 0. The molecule has 78 valence electrons. The molecule has 0 aliphatic carbocycles. The molecule has 0 aliphatic heterocycles. The first-order chi connectivity index (χ1) is 7.18. The lowest BCUT2D eigenvalue weighted by molar-refractivity contribution is -0.0488. The van der Waals surface area contributed by atoms with Gasteiger partial charge >= 0.3 is 6.61 Å². The van der Waals surface area contributed by atoms with Gasteiger partial charge in [-0.25, -0.2) is 0 Å². The average Bonchev–Trinajstić information content (AvgIpc) is 2.17. The second-order valence-electron chi connectivity index (χ2n) is 3.01. The summed E-state index contributed by atoms with van der Waals surface area (Å²) in [6.45, 7) is -2.89. The van der Waals surface area contributed by atoms with E-state index in [0.29, 0.717) is 10.8 Å². The van der Waals surface area contributed by atoms with E-state index in [0.717, 1.165) is 0 Å². The fourth-order valence-corrected chi connectivity index (χ4v) is 1.48. The maximum Gasteiger partial charge on any atom is 0.387 e. The summed E-state index contributed by atoms with van der Waals surface area (Å²) in [5.74, 6) is -0.0793. The maximum atomic E-state index is 12.1. The number of aromatic hydroxyl groups is 1. The summed E-state index contributed by atoms with van der Waals surface area (Å²) < 4.78 is 28.5. The molecule has 0 spiro atoms. The van der Waals surface area contributed by atoms with E-state index in [-0.39, 0.29) is 11.5 Å². The quantitative estimate of drug-likeness (QED) is 0.825. The van der Waals surface area contributed by atoms with Gasteiger partial charge in [-0.05, 0) is 17.5 Å². The summed E-state index contributed by atoms with van der Waals surface area (Å²) in [5.41, 5.74) is 0. The van der Waals surface area contributed by atoms with E-state index in [1.54, 1.807) is 24.3 Å². The molecule has 0 unspecified atom stereocenters. The average molecular weight is 210 g/mol. The molecular weight excluding hydrogens is 202 g/mol. The Morgan fingerprint density at radius 1 is 1.07 bits per heavy atom. The SMILES string of the molecule is Oc1cccc2cccc(OC(F)F)c12. The maximum absolute atomic E-state index is 12.1. The summed E-state index contributed by atoms with van der Waals surface area (Å²) in [7, 11) is 0. The van der Waals surface area contributed by atoms with Crippen molar-refractivity contribution in [3.05, 3.63) is 36.4 Å². The molecule has 0 saturated heterocycles. The zero-order valence-electron chi connectivity index (χ0n) is 7.65. The smallest absolute Gasteiger partial charge is 0.387 e. The number of halogens is 2. The van der Waals surface area contributed by atoms with E-state index in [4.69, 9.17) is 0 Å². The first-order valence-electron chi connectivity index (χ1n) is 4.34. The van der Waals surface area contributed by atoms with E-state index >= 15 is 0 Å². The predicted octanol–water partition coefficient (Wildman–Crippen LogP) is 3.15. The molecule has 1 N–H and O–H groups in total. The molecular formula is C11H8F2O2. The Morgan fingerprint density at radius 2 is 1.73 bits per heavy atom. The Morgan fingerprint density at radius 3 is 2.40 bits per heavy atom. The Balaban J connectivity index is 2.63. The van der Waals surface area contributed by atoms with Crippen LogP contribution in [0.25, 0.3) is 10.8 Å². The third-order valence-electron chi connectivity index (χ3n) is 2.06. The van der Waals surface area contributed by atoms with Crippen LogP contribution >= 0.6 is 0 Å². The van der Waals surface area contributed by atoms with Gasteiger partial charge in [0.25, 0.3) is 0 Å². The molecule has 0 radical (unpaired) electrons. The van der Waals surface area contributed by atoms with Crippen molar-refractivity contribution < 1.29 is 18.6 Å². The first-order valence-corrected chi connectivity index (χ1v) is 4.34. The molecule has 0 heterocycles. The van der Waals surface area contributed by atoms with Crippen LogP contribution in [-0.4, -0.2) is 11.7 Å². The molecule has 4 heteroatoms. The van der Waals surface area contributed by atoms with Crippen molar-refractivity contribution in [3.63, 3.8) is 0 Å². The molecule has 0 aromatic heterocycles. The Kier molecular flexibility index (Phi) is 2.41. The van der Waals surface area contributed by atoms with Crippen LogP contribution in [0.5, 0.6) is 11.5 Å². The molecule has 0 aliphatic rings. The van der Waals surface area contributed by atoms with Crippen LogP contribution in [0.1, 0.15) is 0 Å². The van der Waals surface area contributed by atoms with Crippen molar-refractivity contribution >= 4 is 10.8 Å². The highest BCUT2D eigenvalue weighted by Gasteiger charge is 2.10. The number of hydrogen-bond donors (Lipinski definition) is 1. The van der Waals surface area contributed by atoms with Crippen molar-refractivity contribution in [2.75, 3.05) is 0 Å². The van der Waals surface area contributed by atoms with Crippen LogP contribution in [0.3, 0.4) is 0 Å². The molecule has 15 heavy (non-hydrogen) atoms. The van der Waals surface area contributed by atoms with Gasteiger partial charge in [-0.2, -0.15) is 8.78 Å². The van der Waals surface area contributed by atoms with Crippen LogP contribution in [0.2, 0.25) is 0 Å². The highest BCUT2D eigenvalue weighted by Crippen LogP contribution is 2.33. The summed E-state index contributed by atoms with van der Waals surface area (Å²) >= 11 is 0. The van der Waals surface area contributed by atoms with Gasteiger partial charge in [0.15, 0.2) is 0 Å². The van der Waals surface area contributed by atoms with E-state index in [9.17, 15) is 13.9 Å². The zero-order chi connectivity index (χ0) is 10.8. The number of phenols is 1. The van der Waals surface area contributed by atoms with Gasteiger partial charge in [0.05, 0.1) is 5.39 Å². The number of fused-ring (bicyclic) bond motifs is 1. The second kappa shape index (κ2) is 3.73. The van der Waals surface area contributed by atoms with Crippen LogP contribution in [0.4, 0.5) is 8.78 Å². The number of hydrogen-bond acceptors (Lipinski definition) is 2. The van der Waals surface area contributed by atoms with E-state index < -0.39 is 6.61 Å². The summed E-state index contributed by atoms with van der Waals surface area (Å²) in [6, 6.07) is 9.50. The number of phenolic OH excluding ortho intramolecular Hbond substituents is 1. The van der Waals surface area contributed by atoms with Gasteiger partial charge < -0.3 is 9.84 Å². The van der Waals surface area contributed by atoms with Crippen LogP contribution < -0.4 is 4.74 Å².